The standard InChI is InChI=1S/C13H19ClN2S/c1-10(11-5-3-6-12(14)9-11)16(2)8-4-7-13(15)17/h3,5-6,9-10H,4,7-8H2,1-2H3,(H2,15,17). The van der Waals surface area contributed by atoms with Crippen molar-refractivity contribution in [1.82, 2.24) is 4.90 Å². The maximum absolute atomic E-state index is 5.99. The van der Waals surface area contributed by atoms with Gasteiger partial charge in [-0.3, -0.25) is 4.90 Å². The Labute approximate surface area is 114 Å². The zero-order valence-electron chi connectivity index (χ0n) is 10.3. The lowest BCUT2D eigenvalue weighted by Crippen LogP contribution is -2.24. The van der Waals surface area contributed by atoms with Gasteiger partial charge in [0.2, 0.25) is 0 Å². The molecule has 17 heavy (non-hydrogen) atoms. The smallest absolute Gasteiger partial charge is 0.0727 e. The van der Waals surface area contributed by atoms with Gasteiger partial charge in [0, 0.05) is 11.1 Å². The highest BCUT2D eigenvalue weighted by Crippen LogP contribution is 2.21. The van der Waals surface area contributed by atoms with Gasteiger partial charge in [0.05, 0.1) is 4.99 Å². The summed E-state index contributed by atoms with van der Waals surface area (Å²) in [6.45, 7) is 3.15. The number of benzene rings is 1. The van der Waals surface area contributed by atoms with Crippen molar-refractivity contribution in [2.75, 3.05) is 13.6 Å². The minimum Gasteiger partial charge on any atom is -0.393 e. The van der Waals surface area contributed by atoms with Crippen molar-refractivity contribution in [1.29, 1.82) is 0 Å². The van der Waals surface area contributed by atoms with Crippen LogP contribution < -0.4 is 5.73 Å². The first kappa shape index (κ1) is 14.4. The molecule has 0 spiro atoms. The first-order valence-corrected chi connectivity index (χ1v) is 6.53. The van der Waals surface area contributed by atoms with Crippen LogP contribution in [-0.2, 0) is 0 Å². The van der Waals surface area contributed by atoms with Crippen molar-refractivity contribution >= 4 is 28.8 Å². The number of hydrogen-bond acceptors (Lipinski definition) is 2. The third-order valence-corrected chi connectivity index (χ3v) is 3.37. The first-order valence-electron chi connectivity index (χ1n) is 5.74. The maximum Gasteiger partial charge on any atom is 0.0727 e. The first-order chi connectivity index (χ1) is 8.00. The number of hydrogen-bond donors (Lipinski definition) is 1. The van der Waals surface area contributed by atoms with Gasteiger partial charge >= 0.3 is 0 Å². The molecule has 0 aliphatic carbocycles. The minimum absolute atomic E-state index is 0.347. The molecule has 94 valence electrons. The van der Waals surface area contributed by atoms with Crippen LogP contribution in [0, 0.1) is 0 Å². The Morgan fingerprint density at radius 1 is 1.53 bits per heavy atom. The summed E-state index contributed by atoms with van der Waals surface area (Å²) >= 11 is 10.9. The minimum atomic E-state index is 0.347. The largest absolute Gasteiger partial charge is 0.393 e. The lowest BCUT2D eigenvalue weighted by molar-refractivity contribution is 0.260. The lowest BCUT2D eigenvalue weighted by atomic mass is 10.1. The molecule has 0 fully saturated rings. The van der Waals surface area contributed by atoms with Gasteiger partial charge in [-0.25, -0.2) is 0 Å². The Morgan fingerprint density at radius 3 is 2.82 bits per heavy atom. The van der Waals surface area contributed by atoms with Crippen LogP contribution in [0.25, 0.3) is 0 Å². The van der Waals surface area contributed by atoms with E-state index >= 15 is 0 Å². The van der Waals surface area contributed by atoms with Crippen LogP contribution in [0.4, 0.5) is 0 Å². The van der Waals surface area contributed by atoms with Crippen molar-refractivity contribution in [2.45, 2.75) is 25.8 Å². The third kappa shape index (κ3) is 5.02. The van der Waals surface area contributed by atoms with Crippen LogP contribution in [0.2, 0.25) is 5.02 Å². The molecule has 0 amide bonds. The predicted octanol–water partition coefficient (Wildman–Crippen LogP) is 3.40. The molecule has 0 bridgehead atoms. The van der Waals surface area contributed by atoms with Crippen LogP contribution in [-0.4, -0.2) is 23.5 Å². The monoisotopic (exact) mass is 270 g/mol. The van der Waals surface area contributed by atoms with Gasteiger partial charge in [-0.1, -0.05) is 36.0 Å². The fourth-order valence-electron chi connectivity index (χ4n) is 1.72. The highest BCUT2D eigenvalue weighted by atomic mass is 35.5. The quantitative estimate of drug-likeness (QED) is 0.804. The Kier molecular flexibility index (Phi) is 5.89. The maximum atomic E-state index is 5.99. The fourth-order valence-corrected chi connectivity index (χ4v) is 2.06. The zero-order valence-corrected chi connectivity index (χ0v) is 11.9. The van der Waals surface area contributed by atoms with Crippen molar-refractivity contribution in [2.24, 2.45) is 5.73 Å². The van der Waals surface area contributed by atoms with Crippen molar-refractivity contribution < 1.29 is 0 Å². The van der Waals surface area contributed by atoms with E-state index in [1.54, 1.807) is 0 Å². The highest BCUT2D eigenvalue weighted by molar-refractivity contribution is 7.80. The summed E-state index contributed by atoms with van der Waals surface area (Å²) in [5, 5.41) is 0.783. The zero-order chi connectivity index (χ0) is 12.8. The van der Waals surface area contributed by atoms with Crippen LogP contribution in [0.15, 0.2) is 24.3 Å². The molecule has 0 aliphatic heterocycles. The molecule has 1 aromatic rings. The van der Waals surface area contributed by atoms with Gasteiger partial charge in [0.25, 0.3) is 0 Å². The second-order valence-corrected chi connectivity index (χ2v) is 5.24. The summed E-state index contributed by atoms with van der Waals surface area (Å²) in [4.78, 5) is 2.87. The summed E-state index contributed by atoms with van der Waals surface area (Å²) in [7, 11) is 2.10. The van der Waals surface area contributed by atoms with E-state index in [1.165, 1.54) is 5.56 Å². The normalized spacial score (nSPS) is 12.7. The summed E-state index contributed by atoms with van der Waals surface area (Å²) in [5.74, 6) is 0. The van der Waals surface area contributed by atoms with E-state index < -0.39 is 0 Å². The fraction of sp³-hybridized carbons (Fsp3) is 0.462. The number of nitrogens with two attached hydrogens (primary N) is 1. The van der Waals surface area contributed by atoms with Gasteiger partial charge < -0.3 is 5.73 Å². The van der Waals surface area contributed by atoms with Crippen molar-refractivity contribution in [3.05, 3.63) is 34.9 Å². The van der Waals surface area contributed by atoms with Gasteiger partial charge in [0.15, 0.2) is 0 Å². The van der Waals surface area contributed by atoms with Crippen LogP contribution in [0.3, 0.4) is 0 Å². The second-order valence-electron chi connectivity index (χ2n) is 4.28. The van der Waals surface area contributed by atoms with Crippen LogP contribution in [0.1, 0.15) is 31.4 Å². The number of thiocarbonyl (C=S) groups is 1. The Bertz CT molecular complexity index is 381. The van der Waals surface area contributed by atoms with E-state index in [9.17, 15) is 0 Å². The summed E-state index contributed by atoms with van der Waals surface area (Å²) < 4.78 is 0. The van der Waals surface area contributed by atoms with E-state index in [-0.39, 0.29) is 0 Å². The number of halogens is 1. The molecule has 0 aromatic heterocycles. The Morgan fingerprint density at radius 2 is 2.24 bits per heavy atom. The molecule has 0 radical (unpaired) electrons. The summed E-state index contributed by atoms with van der Waals surface area (Å²) in [6, 6.07) is 8.33. The molecular weight excluding hydrogens is 252 g/mol. The summed E-state index contributed by atoms with van der Waals surface area (Å²) in [6.07, 6.45) is 1.80. The van der Waals surface area contributed by atoms with E-state index in [0.717, 1.165) is 24.4 Å². The molecule has 0 heterocycles. The number of nitrogens with zero attached hydrogens (tertiary/aromatic N) is 1. The molecule has 1 atom stereocenters. The SMILES string of the molecule is CC(c1cccc(Cl)c1)N(C)CCCC(N)=S. The van der Waals surface area contributed by atoms with E-state index in [4.69, 9.17) is 29.6 Å². The summed E-state index contributed by atoms with van der Waals surface area (Å²) in [5.41, 5.74) is 6.71. The molecule has 0 saturated heterocycles. The van der Waals surface area contributed by atoms with E-state index in [0.29, 0.717) is 11.0 Å². The number of rotatable bonds is 6. The Balaban J connectivity index is 2.51. The van der Waals surface area contributed by atoms with Crippen LogP contribution >= 0.6 is 23.8 Å². The second kappa shape index (κ2) is 6.94. The lowest BCUT2D eigenvalue weighted by Gasteiger charge is -2.25. The average Bonchev–Trinajstić information content (AvgIpc) is 2.27. The van der Waals surface area contributed by atoms with Crippen LogP contribution in [0.5, 0.6) is 0 Å². The predicted molar refractivity (Wildman–Crippen MR) is 78.5 cm³/mol. The Hall–Kier alpha value is -0.640. The molecule has 2 nitrogen and oxygen atoms in total. The molecule has 0 saturated carbocycles. The van der Waals surface area contributed by atoms with Crippen molar-refractivity contribution in [3.8, 4) is 0 Å². The van der Waals surface area contributed by atoms with E-state index in [1.807, 2.05) is 18.2 Å². The average molecular weight is 271 g/mol. The van der Waals surface area contributed by atoms with Crippen molar-refractivity contribution in [3.63, 3.8) is 0 Å². The molecule has 0 aliphatic rings. The molecule has 1 aromatic carbocycles. The highest BCUT2D eigenvalue weighted by Gasteiger charge is 2.11. The molecule has 2 N–H and O–H groups in total. The van der Waals surface area contributed by atoms with E-state index in [2.05, 4.69) is 24.9 Å². The van der Waals surface area contributed by atoms with Gasteiger partial charge in [0.1, 0.15) is 0 Å². The van der Waals surface area contributed by atoms with Gasteiger partial charge in [-0.2, -0.15) is 0 Å². The van der Waals surface area contributed by atoms with Gasteiger partial charge in [-0.05, 0) is 51.1 Å². The molecule has 1 rings (SSSR count). The third-order valence-electron chi connectivity index (χ3n) is 2.93. The van der Waals surface area contributed by atoms with Gasteiger partial charge in [-0.15, -0.1) is 0 Å². The molecule has 4 heteroatoms. The topological polar surface area (TPSA) is 29.3 Å². The molecule has 1 unspecified atom stereocenters. The molecular formula is C13H19ClN2S.